The molecule has 2 rings (SSSR count). The Balaban J connectivity index is 1.88. The molecule has 1 aromatic rings. The highest BCUT2D eigenvalue weighted by Crippen LogP contribution is 2.18. The van der Waals surface area contributed by atoms with Crippen LogP contribution in [-0.4, -0.2) is 35.8 Å². The number of amides is 1. The largest absolute Gasteiger partial charge is 0.444 e. The minimum atomic E-state index is -0.489. The number of carbonyl (C=O) groups is 1. The normalized spacial score (nSPS) is 18.2. The highest BCUT2D eigenvalue weighted by Gasteiger charge is 2.26. The molecule has 1 N–H and O–H groups in total. The SMILES string of the molecule is CC(C)(C)OC(=O)NC1CCN(c2ccc(C#N)cn2)C1. The third-order valence-electron chi connectivity index (χ3n) is 3.11. The van der Waals surface area contributed by atoms with E-state index < -0.39 is 5.60 Å². The number of carbonyl (C=O) groups excluding carboxylic acids is 1. The van der Waals surface area contributed by atoms with Crippen LogP contribution in [0.2, 0.25) is 0 Å². The molecule has 6 heteroatoms. The monoisotopic (exact) mass is 288 g/mol. The summed E-state index contributed by atoms with van der Waals surface area (Å²) in [5.41, 5.74) is 0.0539. The Labute approximate surface area is 124 Å². The maximum absolute atomic E-state index is 11.7. The van der Waals surface area contributed by atoms with Crippen molar-refractivity contribution >= 4 is 11.9 Å². The predicted molar refractivity (Wildman–Crippen MR) is 78.9 cm³/mol. The van der Waals surface area contributed by atoms with Gasteiger partial charge in [-0.15, -0.1) is 0 Å². The summed E-state index contributed by atoms with van der Waals surface area (Å²) in [6, 6.07) is 5.67. The minimum absolute atomic E-state index is 0.0530. The third-order valence-corrected chi connectivity index (χ3v) is 3.11. The van der Waals surface area contributed by atoms with Crippen LogP contribution in [0.25, 0.3) is 0 Å². The fraction of sp³-hybridized carbons (Fsp3) is 0.533. The standard InChI is InChI=1S/C15H20N4O2/c1-15(2,3)21-14(20)18-12-6-7-19(10-12)13-5-4-11(8-16)9-17-13/h4-5,9,12H,6-7,10H2,1-3H3,(H,18,20). The van der Waals surface area contributed by atoms with Crippen molar-refractivity contribution in [3.05, 3.63) is 23.9 Å². The van der Waals surface area contributed by atoms with Crippen molar-refractivity contribution in [1.29, 1.82) is 5.26 Å². The molecule has 112 valence electrons. The molecule has 1 aliphatic rings. The summed E-state index contributed by atoms with van der Waals surface area (Å²) in [7, 11) is 0. The lowest BCUT2D eigenvalue weighted by Gasteiger charge is -2.22. The number of alkyl carbamates (subject to hydrolysis) is 1. The smallest absolute Gasteiger partial charge is 0.407 e. The zero-order chi connectivity index (χ0) is 15.5. The lowest BCUT2D eigenvalue weighted by molar-refractivity contribution is 0.0509. The Bertz CT molecular complexity index is 542. The highest BCUT2D eigenvalue weighted by atomic mass is 16.6. The second-order valence-electron chi connectivity index (χ2n) is 6.09. The van der Waals surface area contributed by atoms with Crippen LogP contribution in [0.15, 0.2) is 18.3 Å². The van der Waals surface area contributed by atoms with Crippen molar-refractivity contribution in [2.45, 2.75) is 38.8 Å². The van der Waals surface area contributed by atoms with E-state index in [1.54, 1.807) is 12.3 Å². The number of nitriles is 1. The van der Waals surface area contributed by atoms with Crippen LogP contribution in [0.5, 0.6) is 0 Å². The zero-order valence-corrected chi connectivity index (χ0v) is 12.6. The van der Waals surface area contributed by atoms with Crippen molar-refractivity contribution in [3.63, 3.8) is 0 Å². The van der Waals surface area contributed by atoms with Gasteiger partial charge in [-0.05, 0) is 39.3 Å². The summed E-state index contributed by atoms with van der Waals surface area (Å²) >= 11 is 0. The molecule has 6 nitrogen and oxygen atoms in total. The summed E-state index contributed by atoms with van der Waals surface area (Å²) in [6.45, 7) is 7.04. The molecule has 0 aromatic carbocycles. The summed E-state index contributed by atoms with van der Waals surface area (Å²) in [4.78, 5) is 18.1. The first-order chi connectivity index (χ1) is 9.87. The second-order valence-corrected chi connectivity index (χ2v) is 6.09. The highest BCUT2D eigenvalue weighted by molar-refractivity contribution is 5.68. The van der Waals surface area contributed by atoms with E-state index in [0.717, 1.165) is 18.8 Å². The lowest BCUT2D eigenvalue weighted by Crippen LogP contribution is -2.40. The van der Waals surface area contributed by atoms with Crippen molar-refractivity contribution in [2.75, 3.05) is 18.0 Å². The topological polar surface area (TPSA) is 78.2 Å². The van der Waals surface area contributed by atoms with Gasteiger partial charge >= 0.3 is 6.09 Å². The van der Waals surface area contributed by atoms with Crippen LogP contribution in [0.1, 0.15) is 32.8 Å². The van der Waals surface area contributed by atoms with Crippen LogP contribution in [0.4, 0.5) is 10.6 Å². The van der Waals surface area contributed by atoms with Crippen LogP contribution in [-0.2, 0) is 4.74 Å². The van der Waals surface area contributed by atoms with Crippen LogP contribution >= 0.6 is 0 Å². The summed E-state index contributed by atoms with van der Waals surface area (Å²) in [5.74, 6) is 0.822. The molecule has 0 aliphatic carbocycles. The molecule has 0 bridgehead atoms. The first kappa shape index (κ1) is 15.1. The van der Waals surface area contributed by atoms with Gasteiger partial charge in [0.1, 0.15) is 17.5 Å². The number of nitrogens with one attached hydrogen (secondary N) is 1. The van der Waals surface area contributed by atoms with E-state index in [-0.39, 0.29) is 12.1 Å². The molecule has 1 aromatic heterocycles. The molecule has 1 unspecified atom stereocenters. The maximum atomic E-state index is 11.7. The fourth-order valence-corrected chi connectivity index (χ4v) is 2.20. The Morgan fingerprint density at radius 1 is 1.52 bits per heavy atom. The molecule has 1 aliphatic heterocycles. The zero-order valence-electron chi connectivity index (χ0n) is 12.6. The number of aromatic nitrogens is 1. The Morgan fingerprint density at radius 2 is 2.29 bits per heavy atom. The Morgan fingerprint density at radius 3 is 2.86 bits per heavy atom. The predicted octanol–water partition coefficient (Wildman–Crippen LogP) is 2.06. The summed E-state index contributed by atoms with van der Waals surface area (Å²) in [5, 5.41) is 11.6. The van der Waals surface area contributed by atoms with E-state index >= 15 is 0 Å². The van der Waals surface area contributed by atoms with Gasteiger partial charge in [-0.3, -0.25) is 0 Å². The molecular weight excluding hydrogens is 268 g/mol. The fourth-order valence-electron chi connectivity index (χ4n) is 2.20. The van der Waals surface area contributed by atoms with E-state index in [1.807, 2.05) is 32.9 Å². The van der Waals surface area contributed by atoms with Crippen LogP contribution < -0.4 is 10.2 Å². The van der Waals surface area contributed by atoms with Gasteiger partial charge in [-0.25, -0.2) is 9.78 Å². The first-order valence-electron chi connectivity index (χ1n) is 6.98. The number of rotatable bonds is 2. The van der Waals surface area contributed by atoms with E-state index in [1.165, 1.54) is 0 Å². The number of hydrogen-bond acceptors (Lipinski definition) is 5. The number of anilines is 1. The van der Waals surface area contributed by atoms with Gasteiger partial charge in [-0.2, -0.15) is 5.26 Å². The molecule has 2 heterocycles. The maximum Gasteiger partial charge on any atom is 0.407 e. The lowest BCUT2D eigenvalue weighted by atomic mass is 10.2. The number of pyridine rings is 1. The van der Waals surface area contributed by atoms with E-state index in [2.05, 4.69) is 15.2 Å². The van der Waals surface area contributed by atoms with Crippen LogP contribution in [0, 0.1) is 11.3 Å². The van der Waals surface area contributed by atoms with Gasteiger partial charge < -0.3 is 15.0 Å². The molecule has 1 atom stereocenters. The van der Waals surface area contributed by atoms with Gasteiger partial charge in [0.2, 0.25) is 0 Å². The van der Waals surface area contributed by atoms with Crippen molar-refractivity contribution in [3.8, 4) is 6.07 Å². The molecular formula is C15H20N4O2. The van der Waals surface area contributed by atoms with Crippen molar-refractivity contribution in [1.82, 2.24) is 10.3 Å². The molecule has 0 spiro atoms. The van der Waals surface area contributed by atoms with Gasteiger partial charge in [0.25, 0.3) is 0 Å². The van der Waals surface area contributed by atoms with Gasteiger partial charge in [0, 0.05) is 19.3 Å². The van der Waals surface area contributed by atoms with E-state index in [4.69, 9.17) is 10.00 Å². The van der Waals surface area contributed by atoms with Gasteiger partial charge in [0.15, 0.2) is 0 Å². The molecule has 21 heavy (non-hydrogen) atoms. The van der Waals surface area contributed by atoms with Gasteiger partial charge in [0.05, 0.1) is 11.6 Å². The molecule has 1 fully saturated rings. The van der Waals surface area contributed by atoms with Gasteiger partial charge in [-0.1, -0.05) is 0 Å². The Kier molecular flexibility index (Phi) is 4.32. The third kappa shape index (κ3) is 4.35. The number of hydrogen-bond donors (Lipinski definition) is 1. The van der Waals surface area contributed by atoms with E-state index in [9.17, 15) is 4.79 Å². The minimum Gasteiger partial charge on any atom is -0.444 e. The van der Waals surface area contributed by atoms with E-state index in [0.29, 0.717) is 12.1 Å². The summed E-state index contributed by atoms with van der Waals surface area (Å²) < 4.78 is 5.25. The molecule has 0 saturated carbocycles. The van der Waals surface area contributed by atoms with Crippen molar-refractivity contribution < 1.29 is 9.53 Å². The second kappa shape index (κ2) is 6.00. The molecule has 0 radical (unpaired) electrons. The Hall–Kier alpha value is -2.29. The summed E-state index contributed by atoms with van der Waals surface area (Å²) in [6.07, 6.45) is 2.02. The average molecular weight is 288 g/mol. The van der Waals surface area contributed by atoms with Crippen LogP contribution in [0.3, 0.4) is 0 Å². The van der Waals surface area contributed by atoms with Crippen molar-refractivity contribution in [2.24, 2.45) is 0 Å². The molecule has 1 saturated heterocycles. The quantitative estimate of drug-likeness (QED) is 0.901. The number of ether oxygens (including phenoxy) is 1. The first-order valence-corrected chi connectivity index (χ1v) is 6.98. The average Bonchev–Trinajstić information content (AvgIpc) is 2.85. The number of nitrogens with zero attached hydrogens (tertiary/aromatic N) is 3. The molecule has 1 amide bonds.